The number of hydrogen-bond donors (Lipinski definition) is 1. The van der Waals surface area contributed by atoms with Gasteiger partial charge in [0.25, 0.3) is 5.91 Å². The van der Waals surface area contributed by atoms with E-state index in [1.54, 1.807) is 11.3 Å². The van der Waals surface area contributed by atoms with E-state index in [0.29, 0.717) is 12.8 Å². The number of rotatable bonds is 5. The number of aromatic nitrogens is 1. The van der Waals surface area contributed by atoms with Crippen LogP contribution in [0, 0.1) is 6.92 Å². The second-order valence-corrected chi connectivity index (χ2v) is 7.85. The number of aryl methyl sites for hydroxylation is 1. The van der Waals surface area contributed by atoms with Gasteiger partial charge in [-0.1, -0.05) is 47.6 Å². The lowest BCUT2D eigenvalue weighted by Gasteiger charge is -2.14. The molecule has 138 valence electrons. The predicted molar refractivity (Wildman–Crippen MR) is 108 cm³/mol. The van der Waals surface area contributed by atoms with Gasteiger partial charge in [-0.3, -0.25) is 4.79 Å². The first-order valence-electron chi connectivity index (χ1n) is 9.01. The van der Waals surface area contributed by atoms with Crippen molar-refractivity contribution in [1.82, 2.24) is 10.3 Å². The standard InChI is InChI=1S/C21H21N3O2S/c1-13(19-12-27-14(2)23-19)22-21(25)20-11-17(24-26-20)10-16-8-5-7-15-6-3-4-9-18(15)16/h3-9,12-13,20H,10-11H2,1-2H3,(H,22,25)/t13-,20+/m1/s1. The fraction of sp³-hybridized carbons (Fsp3) is 0.286. The number of amides is 1. The number of thiazole rings is 1. The van der Waals surface area contributed by atoms with Gasteiger partial charge in [0.1, 0.15) is 0 Å². The fourth-order valence-electron chi connectivity index (χ4n) is 3.30. The Bertz CT molecular complexity index is 1010. The van der Waals surface area contributed by atoms with E-state index in [1.165, 1.54) is 16.3 Å². The molecule has 5 nitrogen and oxygen atoms in total. The van der Waals surface area contributed by atoms with Crippen molar-refractivity contribution in [3.05, 3.63) is 64.1 Å². The summed E-state index contributed by atoms with van der Waals surface area (Å²) in [5.41, 5.74) is 2.97. The quantitative estimate of drug-likeness (QED) is 0.724. The molecule has 0 spiro atoms. The molecule has 6 heteroatoms. The first kappa shape index (κ1) is 17.7. The summed E-state index contributed by atoms with van der Waals surface area (Å²) in [5, 5.41) is 12.5. The lowest BCUT2D eigenvalue weighted by atomic mass is 9.98. The number of carbonyl (C=O) groups is 1. The first-order chi connectivity index (χ1) is 13.1. The number of nitrogens with zero attached hydrogens (tertiary/aromatic N) is 2. The molecule has 2 aromatic carbocycles. The molecular weight excluding hydrogens is 358 g/mol. The van der Waals surface area contributed by atoms with Crippen molar-refractivity contribution < 1.29 is 9.63 Å². The highest BCUT2D eigenvalue weighted by Crippen LogP contribution is 2.23. The molecule has 0 bridgehead atoms. The van der Waals surface area contributed by atoms with Crippen LogP contribution >= 0.6 is 11.3 Å². The lowest BCUT2D eigenvalue weighted by molar-refractivity contribution is -0.131. The van der Waals surface area contributed by atoms with Crippen LogP contribution in [0.5, 0.6) is 0 Å². The van der Waals surface area contributed by atoms with Gasteiger partial charge in [-0.15, -0.1) is 11.3 Å². The van der Waals surface area contributed by atoms with Crippen molar-refractivity contribution in [2.24, 2.45) is 5.16 Å². The molecule has 2 atom stereocenters. The summed E-state index contributed by atoms with van der Waals surface area (Å²) in [6.07, 6.45) is 0.626. The van der Waals surface area contributed by atoms with Crippen LogP contribution in [0.15, 0.2) is 53.0 Å². The number of hydrogen-bond acceptors (Lipinski definition) is 5. The second-order valence-electron chi connectivity index (χ2n) is 6.79. The van der Waals surface area contributed by atoms with Crippen molar-refractivity contribution in [2.75, 3.05) is 0 Å². The second kappa shape index (κ2) is 7.48. The van der Waals surface area contributed by atoms with E-state index in [0.717, 1.165) is 16.4 Å². The van der Waals surface area contributed by atoms with Gasteiger partial charge in [-0.2, -0.15) is 0 Å². The number of nitrogens with one attached hydrogen (secondary N) is 1. The molecule has 3 aromatic rings. The summed E-state index contributed by atoms with van der Waals surface area (Å²) in [6, 6.07) is 14.4. The van der Waals surface area contributed by atoms with Gasteiger partial charge in [0, 0.05) is 18.2 Å². The Hall–Kier alpha value is -2.73. The first-order valence-corrected chi connectivity index (χ1v) is 9.89. The molecule has 0 unspecified atom stereocenters. The van der Waals surface area contributed by atoms with E-state index >= 15 is 0 Å². The van der Waals surface area contributed by atoms with Crippen LogP contribution in [0.25, 0.3) is 10.8 Å². The highest BCUT2D eigenvalue weighted by molar-refractivity contribution is 7.09. The molecule has 0 aliphatic carbocycles. The molecule has 1 aliphatic rings. The third-order valence-electron chi connectivity index (χ3n) is 4.74. The molecule has 27 heavy (non-hydrogen) atoms. The van der Waals surface area contributed by atoms with Crippen LogP contribution in [-0.2, 0) is 16.1 Å². The van der Waals surface area contributed by atoms with Crippen molar-refractivity contribution >= 4 is 33.7 Å². The monoisotopic (exact) mass is 379 g/mol. The lowest BCUT2D eigenvalue weighted by Crippen LogP contribution is -2.36. The van der Waals surface area contributed by atoms with Crippen LogP contribution in [0.1, 0.15) is 35.7 Å². The number of benzene rings is 2. The summed E-state index contributed by atoms with van der Waals surface area (Å²) in [5.74, 6) is -0.148. The summed E-state index contributed by atoms with van der Waals surface area (Å²) in [4.78, 5) is 22.3. The zero-order valence-corrected chi connectivity index (χ0v) is 16.1. The zero-order chi connectivity index (χ0) is 18.8. The maximum atomic E-state index is 12.5. The highest BCUT2D eigenvalue weighted by atomic mass is 32.1. The predicted octanol–water partition coefficient (Wildman–Crippen LogP) is 4.17. The van der Waals surface area contributed by atoms with Gasteiger partial charge in [0.05, 0.1) is 22.5 Å². The summed E-state index contributed by atoms with van der Waals surface area (Å²) < 4.78 is 0. The fourth-order valence-corrected chi connectivity index (χ4v) is 4.00. The van der Waals surface area contributed by atoms with E-state index in [2.05, 4.69) is 45.8 Å². The zero-order valence-electron chi connectivity index (χ0n) is 15.3. The van der Waals surface area contributed by atoms with E-state index in [-0.39, 0.29) is 11.9 Å². The average Bonchev–Trinajstić information content (AvgIpc) is 3.31. The van der Waals surface area contributed by atoms with Crippen molar-refractivity contribution in [2.45, 2.75) is 38.8 Å². The summed E-state index contributed by atoms with van der Waals surface area (Å²) in [7, 11) is 0. The Morgan fingerprint density at radius 3 is 2.93 bits per heavy atom. The van der Waals surface area contributed by atoms with E-state index in [1.807, 2.05) is 31.4 Å². The Labute approximate surface area is 162 Å². The smallest absolute Gasteiger partial charge is 0.264 e. The Balaban J connectivity index is 1.38. The van der Waals surface area contributed by atoms with E-state index < -0.39 is 6.10 Å². The highest BCUT2D eigenvalue weighted by Gasteiger charge is 2.29. The van der Waals surface area contributed by atoms with Crippen LogP contribution in [-0.4, -0.2) is 22.7 Å². The maximum absolute atomic E-state index is 12.5. The van der Waals surface area contributed by atoms with Crippen LogP contribution in [0.2, 0.25) is 0 Å². The van der Waals surface area contributed by atoms with Crippen molar-refractivity contribution in [3.63, 3.8) is 0 Å². The van der Waals surface area contributed by atoms with Crippen LogP contribution in [0.3, 0.4) is 0 Å². The van der Waals surface area contributed by atoms with Gasteiger partial charge in [-0.25, -0.2) is 4.98 Å². The number of fused-ring (bicyclic) bond motifs is 1. The molecule has 1 amide bonds. The summed E-state index contributed by atoms with van der Waals surface area (Å²) in [6.45, 7) is 3.88. The molecule has 0 saturated heterocycles. The SMILES string of the molecule is Cc1nc([C@@H](C)NC(=O)[C@@H]2CC(Cc3cccc4ccccc34)=NO2)cs1. The minimum absolute atomic E-state index is 0.145. The molecule has 4 rings (SSSR count). The molecule has 0 radical (unpaired) electrons. The molecule has 0 saturated carbocycles. The van der Waals surface area contributed by atoms with E-state index in [9.17, 15) is 4.79 Å². The third kappa shape index (κ3) is 3.85. The minimum Gasteiger partial charge on any atom is -0.382 e. The van der Waals surface area contributed by atoms with Crippen molar-refractivity contribution in [1.29, 1.82) is 0 Å². The molecular formula is C21H21N3O2S. The van der Waals surface area contributed by atoms with Crippen LogP contribution in [0.4, 0.5) is 0 Å². The minimum atomic E-state index is -0.572. The van der Waals surface area contributed by atoms with Gasteiger partial charge in [0.15, 0.2) is 0 Å². The van der Waals surface area contributed by atoms with Gasteiger partial charge in [0.2, 0.25) is 6.10 Å². The molecule has 1 N–H and O–H groups in total. The van der Waals surface area contributed by atoms with Gasteiger partial charge < -0.3 is 10.2 Å². The Morgan fingerprint density at radius 2 is 2.11 bits per heavy atom. The van der Waals surface area contributed by atoms with Crippen LogP contribution < -0.4 is 5.32 Å². The largest absolute Gasteiger partial charge is 0.382 e. The normalized spacial score (nSPS) is 17.4. The number of oxime groups is 1. The Morgan fingerprint density at radius 1 is 1.30 bits per heavy atom. The molecule has 1 aromatic heterocycles. The third-order valence-corrected chi connectivity index (χ3v) is 5.53. The summed E-state index contributed by atoms with van der Waals surface area (Å²) >= 11 is 1.58. The number of carbonyl (C=O) groups excluding carboxylic acids is 1. The Kier molecular flexibility index (Phi) is 4.90. The molecule has 2 heterocycles. The average molecular weight is 379 g/mol. The van der Waals surface area contributed by atoms with Crippen molar-refractivity contribution in [3.8, 4) is 0 Å². The maximum Gasteiger partial charge on any atom is 0.264 e. The van der Waals surface area contributed by atoms with Gasteiger partial charge >= 0.3 is 0 Å². The molecule has 0 fully saturated rings. The van der Waals surface area contributed by atoms with E-state index in [4.69, 9.17) is 4.84 Å². The molecule has 1 aliphatic heterocycles. The topological polar surface area (TPSA) is 63.6 Å². The van der Waals surface area contributed by atoms with Gasteiger partial charge in [-0.05, 0) is 30.2 Å².